The van der Waals surface area contributed by atoms with E-state index in [4.69, 9.17) is 16.5 Å². The van der Waals surface area contributed by atoms with Crippen molar-refractivity contribution in [2.45, 2.75) is 73.9 Å². The second-order valence-corrected chi connectivity index (χ2v) is 24.7. The first-order chi connectivity index (χ1) is 12.6. The van der Waals surface area contributed by atoms with Crippen LogP contribution in [0, 0.1) is 20.8 Å². The van der Waals surface area contributed by atoms with Gasteiger partial charge in [-0.3, -0.25) is 0 Å². The average molecular weight is 473 g/mol. The van der Waals surface area contributed by atoms with Crippen molar-refractivity contribution in [3.05, 3.63) is 39.6 Å². The predicted octanol–water partition coefficient (Wildman–Crippen LogP) is 3.90. The molecular formula is C19H40O4Si5. The fourth-order valence-electron chi connectivity index (χ4n) is 2.87. The van der Waals surface area contributed by atoms with Gasteiger partial charge in [0.25, 0.3) is 0 Å². The second kappa shape index (κ2) is 9.79. The van der Waals surface area contributed by atoms with Gasteiger partial charge in [0.05, 0.1) is 0 Å². The summed E-state index contributed by atoms with van der Waals surface area (Å²) in [5, 5.41) is 1.32. The number of hydrogen-bond acceptors (Lipinski definition) is 4. The number of aryl methyl sites for hydroxylation is 1. The molecule has 4 nitrogen and oxygen atoms in total. The molecule has 0 aliphatic heterocycles. The summed E-state index contributed by atoms with van der Waals surface area (Å²) in [7, 11) is -7.26. The van der Waals surface area contributed by atoms with Crippen molar-refractivity contribution >= 4 is 51.5 Å². The maximum Gasteiger partial charge on any atom is 0.636 e. The lowest BCUT2D eigenvalue weighted by atomic mass is 9.94. The van der Waals surface area contributed by atoms with Crippen LogP contribution in [0.3, 0.4) is 0 Å². The fraction of sp³-hybridized carbons (Fsp3) is 0.579. The monoisotopic (exact) mass is 472 g/mol. The minimum absolute atomic E-state index is 0.548. The zero-order valence-electron chi connectivity index (χ0n) is 20.0. The molecule has 0 saturated carbocycles. The van der Waals surface area contributed by atoms with Crippen molar-refractivity contribution in [2.24, 2.45) is 0 Å². The molecular weight excluding hydrogens is 433 g/mol. The van der Waals surface area contributed by atoms with Crippen LogP contribution in [0.25, 0.3) is 5.57 Å². The molecule has 160 valence electrons. The van der Waals surface area contributed by atoms with E-state index in [1.165, 1.54) is 33.0 Å². The molecule has 0 radical (unpaired) electrons. The van der Waals surface area contributed by atoms with E-state index >= 15 is 0 Å². The summed E-state index contributed by atoms with van der Waals surface area (Å²) in [6.07, 6.45) is 0. The van der Waals surface area contributed by atoms with Crippen LogP contribution in [0.4, 0.5) is 0 Å². The number of rotatable bonds is 9. The van der Waals surface area contributed by atoms with Crippen molar-refractivity contribution in [3.8, 4) is 0 Å². The molecule has 0 atom stereocenters. The molecule has 1 rings (SSSR count). The van der Waals surface area contributed by atoms with E-state index in [0.29, 0.717) is 10.5 Å². The molecule has 1 aromatic carbocycles. The largest absolute Gasteiger partial charge is 0.636 e. The quantitative estimate of drug-likeness (QED) is 0.511. The Morgan fingerprint density at radius 2 is 1.36 bits per heavy atom. The van der Waals surface area contributed by atoms with E-state index in [1.807, 2.05) is 0 Å². The van der Waals surface area contributed by atoms with Crippen LogP contribution < -0.4 is 0 Å². The van der Waals surface area contributed by atoms with Gasteiger partial charge in [-0.05, 0) is 102 Å². The van der Waals surface area contributed by atoms with Gasteiger partial charge in [-0.25, -0.2) is 0 Å². The van der Waals surface area contributed by atoms with E-state index in [0.717, 1.165) is 0 Å². The first kappa shape index (κ1) is 25.9. The molecule has 0 unspecified atom stereocenters. The topological polar surface area (TPSA) is 36.9 Å². The first-order valence-electron chi connectivity index (χ1n) is 9.94. The maximum atomic E-state index is 6.49. The van der Waals surface area contributed by atoms with Gasteiger partial charge in [0, 0.05) is 0 Å². The summed E-state index contributed by atoms with van der Waals surface area (Å²) in [5.74, 6) is 0. The molecule has 28 heavy (non-hydrogen) atoms. The second-order valence-electron chi connectivity index (χ2n) is 9.51. The van der Waals surface area contributed by atoms with Crippen LogP contribution in [0.1, 0.15) is 36.1 Å². The molecule has 1 aromatic rings. The fourth-order valence-corrected chi connectivity index (χ4v) is 16.6. The highest BCUT2D eigenvalue weighted by Gasteiger charge is 2.49. The van der Waals surface area contributed by atoms with Crippen LogP contribution >= 0.6 is 0 Å². The highest BCUT2D eigenvalue weighted by Crippen LogP contribution is 2.27. The molecule has 0 fully saturated rings. The van der Waals surface area contributed by atoms with Crippen molar-refractivity contribution in [1.29, 1.82) is 0 Å². The Labute approximate surface area is 181 Å². The molecule has 0 N–H and O–H groups in total. The van der Waals surface area contributed by atoms with Crippen LogP contribution in [-0.2, 0) is 16.5 Å². The van der Waals surface area contributed by atoms with Crippen LogP contribution in [-0.4, -0.2) is 45.9 Å². The molecule has 0 aliphatic carbocycles. The van der Waals surface area contributed by atoms with Crippen molar-refractivity contribution in [2.75, 3.05) is 0 Å². The molecule has 0 aromatic heterocycles. The summed E-state index contributed by atoms with van der Waals surface area (Å²) in [4.78, 5) is 0. The SMILES string of the molecule is CC([SiH2]O[Si](O[SiH3])(O[Si](C)(C)C)O[Si](C)(C)C)=C(C)c1ccc(C)c(C)c1C. The molecule has 0 amide bonds. The Morgan fingerprint density at radius 1 is 0.857 bits per heavy atom. The van der Waals surface area contributed by atoms with Crippen molar-refractivity contribution in [1.82, 2.24) is 0 Å². The summed E-state index contributed by atoms with van der Waals surface area (Å²) in [6, 6.07) is 4.44. The van der Waals surface area contributed by atoms with E-state index in [1.54, 1.807) is 0 Å². The number of benzene rings is 1. The summed E-state index contributed by atoms with van der Waals surface area (Å²) in [6.45, 7) is 24.0. The van der Waals surface area contributed by atoms with E-state index < -0.39 is 35.4 Å². The predicted molar refractivity (Wildman–Crippen MR) is 134 cm³/mol. The molecule has 0 spiro atoms. The highest BCUT2D eigenvalue weighted by atomic mass is 28.5. The minimum Gasteiger partial charge on any atom is -0.404 e. The van der Waals surface area contributed by atoms with Gasteiger partial charge in [0.15, 0.2) is 26.4 Å². The Morgan fingerprint density at radius 3 is 1.79 bits per heavy atom. The van der Waals surface area contributed by atoms with Gasteiger partial charge < -0.3 is 16.5 Å². The zero-order chi connectivity index (χ0) is 21.9. The van der Waals surface area contributed by atoms with Crippen molar-refractivity contribution in [3.63, 3.8) is 0 Å². The Bertz CT molecular complexity index is 704. The van der Waals surface area contributed by atoms with Gasteiger partial charge in [-0.15, -0.1) is 0 Å². The van der Waals surface area contributed by atoms with E-state index in [-0.39, 0.29) is 0 Å². The Hall–Kier alpha value is -0.116. The first-order valence-corrected chi connectivity index (χ1v) is 20.5. The summed E-state index contributed by atoms with van der Waals surface area (Å²) >= 11 is 0. The Kier molecular flexibility index (Phi) is 9.07. The molecule has 0 saturated heterocycles. The smallest absolute Gasteiger partial charge is 0.404 e. The molecule has 0 bridgehead atoms. The highest BCUT2D eigenvalue weighted by molar-refractivity contribution is 6.85. The summed E-state index contributed by atoms with van der Waals surface area (Å²) < 4.78 is 25.3. The third kappa shape index (κ3) is 7.61. The number of hydrogen-bond donors (Lipinski definition) is 0. The molecule has 0 heterocycles. The van der Waals surface area contributed by atoms with Gasteiger partial charge in [-0.1, -0.05) is 17.3 Å². The minimum atomic E-state index is -3.07. The van der Waals surface area contributed by atoms with E-state index in [9.17, 15) is 0 Å². The lowest BCUT2D eigenvalue weighted by Crippen LogP contribution is -2.59. The normalized spacial score (nSPS) is 14.8. The van der Waals surface area contributed by atoms with Gasteiger partial charge in [0.2, 0.25) is 0 Å². The van der Waals surface area contributed by atoms with Crippen LogP contribution in [0.15, 0.2) is 17.3 Å². The molecule has 9 heteroatoms. The van der Waals surface area contributed by atoms with Crippen molar-refractivity contribution < 1.29 is 16.5 Å². The third-order valence-corrected chi connectivity index (χ3v) is 16.5. The summed E-state index contributed by atoms with van der Waals surface area (Å²) in [5.41, 5.74) is 6.67. The number of allylic oxidation sites excluding steroid dienone is 2. The van der Waals surface area contributed by atoms with Gasteiger partial charge in [0.1, 0.15) is 10.5 Å². The van der Waals surface area contributed by atoms with Gasteiger partial charge >= 0.3 is 9.05 Å². The van der Waals surface area contributed by atoms with Gasteiger partial charge in [-0.2, -0.15) is 0 Å². The van der Waals surface area contributed by atoms with Crippen LogP contribution in [0.5, 0.6) is 0 Å². The maximum absolute atomic E-state index is 6.49. The lowest BCUT2D eigenvalue weighted by Gasteiger charge is -2.37. The standard InChI is InChI=1S/C19H40O4Si5/c1-14-12-13-19(16(3)15(14)2)17(4)18(5)25-21-28(20-24,22-26(6,7)8)23-27(9,10)11/h12-13H,25H2,1-11,24H3. The zero-order valence-corrected chi connectivity index (χ0v) is 26.4. The molecule has 0 aliphatic rings. The average Bonchev–Trinajstić information content (AvgIpc) is 2.54. The third-order valence-electron chi connectivity index (χ3n) is 4.68. The lowest BCUT2D eigenvalue weighted by molar-refractivity contribution is 0.165. The Balaban J connectivity index is 3.17. The van der Waals surface area contributed by atoms with E-state index in [2.05, 4.69) is 86.0 Å². The van der Waals surface area contributed by atoms with Crippen LogP contribution in [0.2, 0.25) is 39.3 Å².